The summed E-state index contributed by atoms with van der Waals surface area (Å²) >= 11 is 0. The number of aryl methyl sites for hydroxylation is 1. The van der Waals surface area contributed by atoms with Crippen molar-refractivity contribution in [2.45, 2.75) is 32.7 Å². The summed E-state index contributed by atoms with van der Waals surface area (Å²) in [4.78, 5) is 25.5. The average molecular weight is 275 g/mol. The summed E-state index contributed by atoms with van der Waals surface area (Å²) in [6.07, 6.45) is 1.53. The number of hydrogen-bond acceptors (Lipinski definition) is 3. The minimum absolute atomic E-state index is 0.0775. The Kier molecular flexibility index (Phi) is 4.27. The largest absolute Gasteiger partial charge is 0.399 e. The predicted octanol–water partition coefficient (Wildman–Crippen LogP) is 1.32. The van der Waals surface area contributed by atoms with Crippen molar-refractivity contribution in [1.82, 2.24) is 10.2 Å². The fraction of sp³-hybridized carbons (Fsp3) is 0.467. The van der Waals surface area contributed by atoms with Crippen LogP contribution in [0, 0.1) is 6.92 Å². The zero-order chi connectivity index (χ0) is 14.7. The van der Waals surface area contributed by atoms with Gasteiger partial charge >= 0.3 is 0 Å². The first kappa shape index (κ1) is 14.4. The van der Waals surface area contributed by atoms with Crippen molar-refractivity contribution in [3.63, 3.8) is 0 Å². The Morgan fingerprint density at radius 1 is 1.45 bits per heavy atom. The van der Waals surface area contributed by atoms with Gasteiger partial charge in [0.1, 0.15) is 0 Å². The van der Waals surface area contributed by atoms with Crippen molar-refractivity contribution in [1.29, 1.82) is 0 Å². The molecule has 1 aromatic rings. The van der Waals surface area contributed by atoms with Crippen LogP contribution in [-0.4, -0.2) is 35.8 Å². The van der Waals surface area contributed by atoms with Gasteiger partial charge in [0.2, 0.25) is 5.91 Å². The van der Waals surface area contributed by atoms with Gasteiger partial charge in [-0.15, -0.1) is 0 Å². The maximum atomic E-state index is 12.1. The van der Waals surface area contributed by atoms with Crippen molar-refractivity contribution in [3.05, 3.63) is 29.3 Å². The number of anilines is 1. The number of amides is 2. The van der Waals surface area contributed by atoms with Crippen molar-refractivity contribution < 1.29 is 9.59 Å². The molecule has 2 rings (SSSR count). The SMILES string of the molecule is Cc1cc(N)cc(C(=O)NC(C)CN2CCCC2=O)c1. The zero-order valence-electron chi connectivity index (χ0n) is 12.0. The third kappa shape index (κ3) is 3.50. The Labute approximate surface area is 119 Å². The quantitative estimate of drug-likeness (QED) is 0.814. The highest BCUT2D eigenvalue weighted by Gasteiger charge is 2.22. The highest BCUT2D eigenvalue weighted by molar-refractivity contribution is 5.95. The summed E-state index contributed by atoms with van der Waals surface area (Å²) in [5.74, 6) is 0.0189. The van der Waals surface area contributed by atoms with Crippen LogP contribution in [0.5, 0.6) is 0 Å². The molecule has 0 radical (unpaired) electrons. The molecule has 0 saturated carbocycles. The van der Waals surface area contributed by atoms with Crippen LogP contribution in [0.2, 0.25) is 0 Å². The molecular weight excluding hydrogens is 254 g/mol. The Hall–Kier alpha value is -2.04. The smallest absolute Gasteiger partial charge is 0.251 e. The van der Waals surface area contributed by atoms with Crippen LogP contribution in [0.3, 0.4) is 0 Å². The van der Waals surface area contributed by atoms with E-state index < -0.39 is 0 Å². The maximum absolute atomic E-state index is 12.1. The Balaban J connectivity index is 1.94. The van der Waals surface area contributed by atoms with Crippen molar-refractivity contribution in [3.8, 4) is 0 Å². The number of nitrogen functional groups attached to an aromatic ring is 1. The molecule has 1 aromatic carbocycles. The van der Waals surface area contributed by atoms with Crippen molar-refractivity contribution in [2.75, 3.05) is 18.8 Å². The second kappa shape index (κ2) is 5.94. The normalized spacial score (nSPS) is 16.3. The van der Waals surface area contributed by atoms with Gasteiger partial charge < -0.3 is 16.0 Å². The second-order valence-corrected chi connectivity index (χ2v) is 5.45. The minimum Gasteiger partial charge on any atom is -0.399 e. The lowest BCUT2D eigenvalue weighted by molar-refractivity contribution is -0.127. The van der Waals surface area contributed by atoms with Crippen LogP contribution >= 0.6 is 0 Å². The number of carbonyl (C=O) groups excluding carboxylic acids is 2. The standard InChI is InChI=1S/C15H21N3O2/c1-10-6-12(8-13(16)7-10)15(20)17-11(2)9-18-5-3-4-14(18)19/h6-8,11H,3-5,9,16H2,1-2H3,(H,17,20). The number of carbonyl (C=O) groups is 2. The molecule has 1 fully saturated rings. The van der Waals surface area contributed by atoms with Gasteiger partial charge in [0.25, 0.3) is 5.91 Å². The zero-order valence-corrected chi connectivity index (χ0v) is 12.0. The molecule has 0 bridgehead atoms. The number of likely N-dealkylation sites (tertiary alicyclic amines) is 1. The van der Waals surface area contributed by atoms with Gasteiger partial charge in [-0.3, -0.25) is 9.59 Å². The molecule has 1 heterocycles. The highest BCUT2D eigenvalue weighted by atomic mass is 16.2. The van der Waals surface area contributed by atoms with Gasteiger partial charge in [0.05, 0.1) is 0 Å². The fourth-order valence-electron chi connectivity index (χ4n) is 2.52. The van der Waals surface area contributed by atoms with Crippen LogP contribution in [0.25, 0.3) is 0 Å². The van der Waals surface area contributed by atoms with E-state index in [-0.39, 0.29) is 17.9 Å². The van der Waals surface area contributed by atoms with Crippen LogP contribution in [-0.2, 0) is 4.79 Å². The van der Waals surface area contributed by atoms with E-state index in [0.717, 1.165) is 18.5 Å². The number of nitrogens with two attached hydrogens (primary N) is 1. The van der Waals surface area contributed by atoms with Crippen LogP contribution in [0.4, 0.5) is 5.69 Å². The number of nitrogens with one attached hydrogen (secondary N) is 1. The van der Waals surface area contributed by atoms with Crippen LogP contribution in [0.1, 0.15) is 35.7 Å². The lowest BCUT2D eigenvalue weighted by Gasteiger charge is -2.21. The average Bonchev–Trinajstić information content (AvgIpc) is 2.73. The number of benzene rings is 1. The first-order valence-corrected chi connectivity index (χ1v) is 6.91. The molecule has 1 unspecified atom stereocenters. The van der Waals surface area contributed by atoms with E-state index in [1.54, 1.807) is 17.0 Å². The van der Waals surface area contributed by atoms with E-state index >= 15 is 0 Å². The van der Waals surface area contributed by atoms with Gasteiger partial charge in [0, 0.05) is 36.8 Å². The molecule has 20 heavy (non-hydrogen) atoms. The number of nitrogens with zero attached hydrogens (tertiary/aromatic N) is 1. The van der Waals surface area contributed by atoms with E-state index in [2.05, 4.69) is 5.32 Å². The third-order valence-corrected chi connectivity index (χ3v) is 3.40. The molecule has 1 aliphatic rings. The first-order valence-electron chi connectivity index (χ1n) is 6.91. The van der Waals surface area contributed by atoms with E-state index in [0.29, 0.717) is 24.2 Å². The lowest BCUT2D eigenvalue weighted by Crippen LogP contribution is -2.42. The molecule has 2 amide bonds. The van der Waals surface area contributed by atoms with E-state index in [9.17, 15) is 9.59 Å². The monoisotopic (exact) mass is 275 g/mol. The van der Waals surface area contributed by atoms with Gasteiger partial charge in [-0.2, -0.15) is 0 Å². The molecule has 0 aliphatic carbocycles. The third-order valence-electron chi connectivity index (χ3n) is 3.40. The summed E-state index contributed by atoms with van der Waals surface area (Å²) < 4.78 is 0. The Bertz CT molecular complexity index is 508. The molecule has 5 nitrogen and oxygen atoms in total. The molecule has 3 N–H and O–H groups in total. The summed E-state index contributed by atoms with van der Waals surface area (Å²) in [6.45, 7) is 5.16. The van der Waals surface area contributed by atoms with E-state index in [1.165, 1.54) is 0 Å². The predicted molar refractivity (Wildman–Crippen MR) is 78.3 cm³/mol. The molecule has 1 saturated heterocycles. The lowest BCUT2D eigenvalue weighted by atomic mass is 10.1. The Morgan fingerprint density at radius 3 is 2.80 bits per heavy atom. The van der Waals surface area contributed by atoms with Gasteiger partial charge in [-0.1, -0.05) is 0 Å². The summed E-state index contributed by atoms with van der Waals surface area (Å²) in [5.41, 5.74) is 7.84. The Morgan fingerprint density at radius 2 is 2.20 bits per heavy atom. The molecule has 5 heteroatoms. The second-order valence-electron chi connectivity index (χ2n) is 5.45. The molecule has 0 spiro atoms. The fourth-order valence-corrected chi connectivity index (χ4v) is 2.52. The van der Waals surface area contributed by atoms with E-state index in [1.807, 2.05) is 19.9 Å². The summed E-state index contributed by atoms with van der Waals surface area (Å²) in [6, 6.07) is 5.21. The minimum atomic E-state index is -0.153. The molecule has 1 atom stereocenters. The molecule has 108 valence electrons. The van der Waals surface area contributed by atoms with Gasteiger partial charge in [-0.05, 0) is 44.0 Å². The summed E-state index contributed by atoms with van der Waals surface area (Å²) in [7, 11) is 0. The molecule has 1 aliphatic heterocycles. The van der Waals surface area contributed by atoms with Crippen molar-refractivity contribution in [2.24, 2.45) is 0 Å². The number of hydrogen-bond donors (Lipinski definition) is 2. The van der Waals surface area contributed by atoms with Crippen molar-refractivity contribution >= 4 is 17.5 Å². The maximum Gasteiger partial charge on any atom is 0.251 e. The van der Waals surface area contributed by atoms with Gasteiger partial charge in [-0.25, -0.2) is 0 Å². The van der Waals surface area contributed by atoms with E-state index in [4.69, 9.17) is 5.73 Å². The molecular formula is C15H21N3O2. The van der Waals surface area contributed by atoms with Gasteiger partial charge in [0.15, 0.2) is 0 Å². The summed E-state index contributed by atoms with van der Waals surface area (Å²) in [5, 5.41) is 2.91. The first-order chi connectivity index (χ1) is 9.45. The van der Waals surface area contributed by atoms with Crippen LogP contribution < -0.4 is 11.1 Å². The topological polar surface area (TPSA) is 75.4 Å². The number of rotatable bonds is 4. The molecule has 0 aromatic heterocycles. The van der Waals surface area contributed by atoms with Crippen LogP contribution in [0.15, 0.2) is 18.2 Å². The highest BCUT2D eigenvalue weighted by Crippen LogP contribution is 2.12.